The number of carbonyl (C=O) groups excluding carboxylic acids is 3. The van der Waals surface area contributed by atoms with E-state index in [1.807, 2.05) is 32.0 Å². The van der Waals surface area contributed by atoms with Crippen LogP contribution in [0.5, 0.6) is 5.75 Å². The number of hydrogen-bond donors (Lipinski definition) is 1. The molecule has 8 nitrogen and oxygen atoms in total. The third-order valence-electron chi connectivity index (χ3n) is 6.25. The van der Waals surface area contributed by atoms with Crippen molar-refractivity contribution >= 4 is 29.0 Å². The lowest BCUT2D eigenvalue weighted by molar-refractivity contribution is -0.137. The van der Waals surface area contributed by atoms with Gasteiger partial charge in [0.05, 0.1) is 12.2 Å². The Labute approximate surface area is 187 Å². The van der Waals surface area contributed by atoms with Gasteiger partial charge in [0.15, 0.2) is 0 Å². The summed E-state index contributed by atoms with van der Waals surface area (Å²) in [6.07, 6.45) is 3.45. The average Bonchev–Trinajstić information content (AvgIpc) is 3.32. The van der Waals surface area contributed by atoms with E-state index in [1.54, 1.807) is 13.1 Å². The quantitative estimate of drug-likeness (QED) is 0.672. The number of nitrogens with one attached hydrogen (secondary N) is 1. The number of hydrogen-bond acceptors (Lipinski definition) is 5. The molecule has 0 bridgehead atoms. The zero-order valence-electron chi connectivity index (χ0n) is 18.6. The molecule has 4 rings (SSSR count). The average molecular weight is 437 g/mol. The van der Waals surface area contributed by atoms with Crippen molar-refractivity contribution in [3.63, 3.8) is 0 Å². The second kappa shape index (κ2) is 8.65. The molecule has 1 saturated heterocycles. The van der Waals surface area contributed by atoms with E-state index in [1.165, 1.54) is 9.80 Å². The van der Waals surface area contributed by atoms with Crippen molar-refractivity contribution in [3.05, 3.63) is 30.0 Å². The van der Waals surface area contributed by atoms with Gasteiger partial charge < -0.3 is 24.3 Å². The molecular weight excluding hydrogens is 408 g/mol. The summed E-state index contributed by atoms with van der Waals surface area (Å²) in [4.78, 5) is 44.0. The largest absolute Gasteiger partial charge is 0.490 e. The normalized spacial score (nSPS) is 21.4. The van der Waals surface area contributed by atoms with Gasteiger partial charge in [0.1, 0.15) is 29.8 Å². The number of H-pyrrole nitrogens is 1. The molecule has 1 saturated carbocycles. The third kappa shape index (κ3) is 4.07. The van der Waals surface area contributed by atoms with Gasteiger partial charge >= 0.3 is 0 Å². The molecule has 2 heterocycles. The summed E-state index contributed by atoms with van der Waals surface area (Å²) in [5.41, 5.74) is 1.17. The number of ether oxygens (including phenoxy) is 1. The molecule has 168 valence electrons. The van der Waals surface area contributed by atoms with Gasteiger partial charge in [-0.15, -0.1) is 0 Å². The number of benzene rings is 1. The van der Waals surface area contributed by atoms with E-state index in [0.29, 0.717) is 12.1 Å². The van der Waals surface area contributed by atoms with Crippen molar-refractivity contribution in [2.24, 2.45) is 11.8 Å². The summed E-state index contributed by atoms with van der Waals surface area (Å²) >= 11 is 0. The molecular formula is C24H28N4O4. The molecule has 1 aliphatic carbocycles. The lowest BCUT2D eigenvalue weighted by Gasteiger charge is -2.34. The zero-order chi connectivity index (χ0) is 23.0. The van der Waals surface area contributed by atoms with E-state index in [9.17, 15) is 19.6 Å². The summed E-state index contributed by atoms with van der Waals surface area (Å²) in [5, 5.41) is 10.3. The summed E-state index contributed by atoms with van der Waals surface area (Å²) < 4.78 is 5.96. The van der Waals surface area contributed by atoms with E-state index in [2.05, 4.69) is 11.1 Å². The maximum absolute atomic E-state index is 13.4. The summed E-state index contributed by atoms with van der Waals surface area (Å²) in [6, 6.07) is 8.15. The molecule has 1 aliphatic heterocycles. The lowest BCUT2D eigenvalue weighted by atomic mass is 10.0. The number of aromatic amines is 1. The Morgan fingerprint density at radius 3 is 2.72 bits per heavy atom. The van der Waals surface area contributed by atoms with Gasteiger partial charge in [0.25, 0.3) is 5.91 Å². The fraction of sp³-hybridized carbons (Fsp3) is 0.500. The minimum atomic E-state index is -0.752. The van der Waals surface area contributed by atoms with Crippen molar-refractivity contribution in [2.75, 3.05) is 13.6 Å². The number of nitrogens with zero attached hydrogens (tertiary/aromatic N) is 3. The second-order valence-electron chi connectivity index (χ2n) is 9.09. The Kier molecular flexibility index (Phi) is 5.92. The Bertz CT molecular complexity index is 1080. The number of carbonyl (C=O) groups is 3. The Hall–Kier alpha value is -3.34. The van der Waals surface area contributed by atoms with Crippen LogP contribution in [0.3, 0.4) is 0 Å². The maximum Gasteiger partial charge on any atom is 0.270 e. The van der Waals surface area contributed by atoms with E-state index >= 15 is 0 Å². The molecule has 2 aromatic rings. The van der Waals surface area contributed by atoms with Gasteiger partial charge in [-0.1, -0.05) is 19.9 Å². The molecule has 2 fully saturated rings. The molecule has 1 N–H and O–H groups in total. The Balaban J connectivity index is 1.59. The molecule has 0 radical (unpaired) electrons. The predicted octanol–water partition coefficient (Wildman–Crippen LogP) is 2.75. The first-order valence-electron chi connectivity index (χ1n) is 11.0. The minimum absolute atomic E-state index is 0.177. The number of aldehydes is 1. The van der Waals surface area contributed by atoms with E-state index in [0.717, 1.165) is 35.8 Å². The summed E-state index contributed by atoms with van der Waals surface area (Å²) in [6.45, 7) is 3.95. The SMILES string of the molecule is CC(C)C(C(=O)N1CC(C=O)CC1C#N)N(C)C(=O)c1cc2c(OC3CC3)cccc2[nH]1. The topological polar surface area (TPSA) is 106 Å². The zero-order valence-corrected chi connectivity index (χ0v) is 18.6. The molecule has 8 heteroatoms. The minimum Gasteiger partial charge on any atom is -0.490 e. The first kappa shape index (κ1) is 21.9. The van der Waals surface area contributed by atoms with Gasteiger partial charge in [-0.25, -0.2) is 0 Å². The molecule has 3 atom stereocenters. The number of amides is 2. The molecule has 1 aromatic heterocycles. The molecule has 2 aliphatic rings. The van der Waals surface area contributed by atoms with Crippen LogP contribution >= 0.6 is 0 Å². The Morgan fingerprint density at radius 2 is 2.09 bits per heavy atom. The third-order valence-corrected chi connectivity index (χ3v) is 6.25. The monoisotopic (exact) mass is 436 g/mol. The summed E-state index contributed by atoms with van der Waals surface area (Å²) in [7, 11) is 1.60. The highest BCUT2D eigenvalue weighted by atomic mass is 16.5. The van der Waals surface area contributed by atoms with Crippen molar-refractivity contribution < 1.29 is 19.1 Å². The van der Waals surface area contributed by atoms with Crippen LogP contribution in [0.25, 0.3) is 10.9 Å². The molecule has 3 unspecified atom stereocenters. The van der Waals surface area contributed by atoms with Crippen LogP contribution in [0.1, 0.15) is 43.6 Å². The van der Waals surface area contributed by atoms with Crippen LogP contribution in [0, 0.1) is 23.2 Å². The van der Waals surface area contributed by atoms with Crippen molar-refractivity contribution in [2.45, 2.75) is 51.3 Å². The fourth-order valence-electron chi connectivity index (χ4n) is 4.43. The number of aromatic nitrogens is 1. The van der Waals surface area contributed by atoms with Crippen LogP contribution in [0.15, 0.2) is 24.3 Å². The van der Waals surface area contributed by atoms with Gasteiger partial charge in [0, 0.05) is 30.4 Å². The number of nitriles is 1. The van der Waals surface area contributed by atoms with Crippen molar-refractivity contribution in [1.82, 2.24) is 14.8 Å². The molecule has 2 amide bonds. The van der Waals surface area contributed by atoms with Crippen LogP contribution < -0.4 is 4.74 Å². The maximum atomic E-state index is 13.4. The van der Waals surface area contributed by atoms with Gasteiger partial charge in [0.2, 0.25) is 5.91 Å². The lowest BCUT2D eigenvalue weighted by Crippen LogP contribution is -2.53. The molecule has 32 heavy (non-hydrogen) atoms. The Morgan fingerprint density at radius 1 is 1.34 bits per heavy atom. The molecule has 0 spiro atoms. The van der Waals surface area contributed by atoms with Crippen molar-refractivity contribution in [3.8, 4) is 11.8 Å². The van der Waals surface area contributed by atoms with Crippen LogP contribution in [0.2, 0.25) is 0 Å². The van der Waals surface area contributed by atoms with Gasteiger partial charge in [-0.2, -0.15) is 5.26 Å². The van der Waals surface area contributed by atoms with Crippen LogP contribution in [0.4, 0.5) is 0 Å². The first-order valence-corrected chi connectivity index (χ1v) is 11.0. The molecule has 1 aromatic carbocycles. The van der Waals surface area contributed by atoms with Crippen LogP contribution in [-0.2, 0) is 9.59 Å². The number of fused-ring (bicyclic) bond motifs is 1. The van der Waals surface area contributed by atoms with E-state index in [4.69, 9.17) is 4.74 Å². The predicted molar refractivity (Wildman–Crippen MR) is 118 cm³/mol. The standard InChI is InChI=1S/C24H28N4O4/c1-14(2)22(24(31)28-12-15(13-29)9-16(28)11-25)27(3)23(30)20-10-18-19(26-20)5-4-6-21(18)32-17-7-8-17/h4-6,10,13-17,22,26H,7-9,12H2,1-3H3. The van der Waals surface area contributed by atoms with Gasteiger partial charge in [-0.3, -0.25) is 9.59 Å². The van der Waals surface area contributed by atoms with E-state index in [-0.39, 0.29) is 36.3 Å². The van der Waals surface area contributed by atoms with E-state index < -0.39 is 12.1 Å². The highest BCUT2D eigenvalue weighted by molar-refractivity contribution is 6.01. The highest BCUT2D eigenvalue weighted by Crippen LogP contribution is 2.33. The number of likely N-dealkylation sites (tertiary alicyclic amines) is 1. The van der Waals surface area contributed by atoms with Gasteiger partial charge in [-0.05, 0) is 43.4 Å². The summed E-state index contributed by atoms with van der Waals surface area (Å²) in [5.74, 6) is -0.403. The van der Waals surface area contributed by atoms with Crippen molar-refractivity contribution in [1.29, 1.82) is 5.26 Å². The highest BCUT2D eigenvalue weighted by Gasteiger charge is 2.41. The number of rotatable bonds is 7. The second-order valence-corrected chi connectivity index (χ2v) is 9.09. The number of likely N-dealkylation sites (N-methyl/N-ethyl adjacent to an activating group) is 1. The first-order chi connectivity index (χ1) is 15.3. The smallest absolute Gasteiger partial charge is 0.270 e. The van der Waals surface area contributed by atoms with Crippen LogP contribution in [-0.4, -0.2) is 64.7 Å². The fourth-order valence-corrected chi connectivity index (χ4v) is 4.43.